The molecule has 0 radical (unpaired) electrons. The summed E-state index contributed by atoms with van der Waals surface area (Å²) in [6.07, 6.45) is 3.56. The third-order valence-electron chi connectivity index (χ3n) is 5.69. The average Bonchev–Trinajstić information content (AvgIpc) is 3.14. The lowest BCUT2D eigenvalue weighted by molar-refractivity contribution is -0.112. The van der Waals surface area contributed by atoms with Gasteiger partial charge in [-0.05, 0) is 60.9 Å². The Balaban J connectivity index is 1.70. The molecule has 4 nitrogen and oxygen atoms in total. The van der Waals surface area contributed by atoms with Gasteiger partial charge >= 0.3 is 0 Å². The number of fused-ring (bicyclic) bond motifs is 1. The highest BCUT2D eigenvalue weighted by Crippen LogP contribution is 2.28. The van der Waals surface area contributed by atoms with Crippen LogP contribution in [0.3, 0.4) is 0 Å². The number of rotatable bonds is 5. The molecule has 0 unspecified atom stereocenters. The summed E-state index contributed by atoms with van der Waals surface area (Å²) in [4.78, 5) is 12.9. The van der Waals surface area contributed by atoms with E-state index in [0.29, 0.717) is 22.3 Å². The summed E-state index contributed by atoms with van der Waals surface area (Å²) in [6, 6.07) is 21.0. The number of carbonyl (C=O) groups is 1. The maximum atomic E-state index is 12.9. The zero-order chi connectivity index (χ0) is 23.5. The first-order valence-electron chi connectivity index (χ1n) is 10.4. The predicted octanol–water partition coefficient (Wildman–Crippen LogP) is 7.16. The third kappa shape index (κ3) is 4.80. The van der Waals surface area contributed by atoms with Crippen LogP contribution in [-0.2, 0) is 11.3 Å². The fraction of sp³-hybridized carbons (Fsp3) is 0.111. The van der Waals surface area contributed by atoms with E-state index >= 15 is 0 Å². The van der Waals surface area contributed by atoms with Gasteiger partial charge in [0.2, 0.25) is 0 Å². The van der Waals surface area contributed by atoms with E-state index in [1.54, 1.807) is 18.2 Å². The Morgan fingerprint density at radius 1 is 1.09 bits per heavy atom. The van der Waals surface area contributed by atoms with Crippen LogP contribution in [0.15, 0.2) is 72.4 Å². The number of benzene rings is 3. The first kappa shape index (κ1) is 22.7. The molecule has 1 N–H and O–H groups in total. The number of halogens is 2. The highest BCUT2D eigenvalue weighted by Gasteiger charge is 2.14. The van der Waals surface area contributed by atoms with Crippen molar-refractivity contribution < 1.29 is 4.79 Å². The van der Waals surface area contributed by atoms with Crippen molar-refractivity contribution in [2.75, 3.05) is 5.32 Å². The number of para-hydroxylation sites is 1. The molecule has 0 saturated carbocycles. The molecule has 1 aromatic heterocycles. The van der Waals surface area contributed by atoms with Crippen molar-refractivity contribution in [2.24, 2.45) is 0 Å². The molecule has 33 heavy (non-hydrogen) atoms. The molecule has 164 valence electrons. The molecule has 0 bridgehead atoms. The van der Waals surface area contributed by atoms with E-state index in [4.69, 9.17) is 23.2 Å². The van der Waals surface area contributed by atoms with E-state index < -0.39 is 5.91 Å². The Bertz CT molecular complexity index is 1440. The van der Waals surface area contributed by atoms with Crippen LogP contribution < -0.4 is 5.32 Å². The summed E-state index contributed by atoms with van der Waals surface area (Å²) >= 11 is 12.4. The van der Waals surface area contributed by atoms with Crippen LogP contribution in [0.5, 0.6) is 0 Å². The molecule has 0 fully saturated rings. The van der Waals surface area contributed by atoms with Gasteiger partial charge in [0.1, 0.15) is 11.6 Å². The number of nitrogens with zero attached hydrogens (tertiary/aromatic N) is 2. The second-order valence-corrected chi connectivity index (χ2v) is 8.68. The van der Waals surface area contributed by atoms with Crippen LogP contribution in [0.25, 0.3) is 17.0 Å². The molecule has 4 aromatic rings. The van der Waals surface area contributed by atoms with Crippen molar-refractivity contribution in [3.63, 3.8) is 0 Å². The van der Waals surface area contributed by atoms with E-state index in [1.165, 1.54) is 0 Å². The van der Waals surface area contributed by atoms with Crippen molar-refractivity contribution in [3.05, 3.63) is 105 Å². The molecular weight excluding hydrogens is 453 g/mol. The van der Waals surface area contributed by atoms with Crippen molar-refractivity contribution >= 4 is 51.8 Å². The summed E-state index contributed by atoms with van der Waals surface area (Å²) in [5.74, 6) is -0.441. The maximum Gasteiger partial charge on any atom is 0.266 e. The number of aryl methyl sites for hydroxylation is 1. The van der Waals surface area contributed by atoms with Gasteiger partial charge in [0.15, 0.2) is 0 Å². The van der Waals surface area contributed by atoms with Crippen LogP contribution in [0.2, 0.25) is 10.0 Å². The van der Waals surface area contributed by atoms with Gasteiger partial charge in [-0.25, -0.2) is 0 Å². The van der Waals surface area contributed by atoms with Gasteiger partial charge in [0.25, 0.3) is 5.91 Å². The summed E-state index contributed by atoms with van der Waals surface area (Å²) in [7, 11) is 0. The molecule has 0 aliphatic heterocycles. The van der Waals surface area contributed by atoms with Gasteiger partial charge in [-0.1, -0.05) is 59.6 Å². The Labute approximate surface area is 202 Å². The standard InChI is InChI=1S/C27H21Cl2N3O/c1-17-6-5-8-25(18(17)2)31-27(33)20(14-30)12-21-16-32(26-9-4-3-7-23(21)26)15-19-10-11-22(28)13-24(19)29/h3-13,16H,15H2,1-2H3,(H,31,33)/b20-12+. The zero-order valence-corrected chi connectivity index (χ0v) is 19.7. The van der Waals surface area contributed by atoms with Crippen molar-refractivity contribution in [2.45, 2.75) is 20.4 Å². The smallest absolute Gasteiger partial charge is 0.266 e. The van der Waals surface area contributed by atoms with E-state index in [0.717, 1.165) is 33.2 Å². The van der Waals surface area contributed by atoms with Crippen molar-refractivity contribution in [1.82, 2.24) is 4.57 Å². The van der Waals surface area contributed by atoms with Crippen molar-refractivity contribution in [1.29, 1.82) is 5.26 Å². The van der Waals surface area contributed by atoms with Gasteiger partial charge < -0.3 is 9.88 Å². The van der Waals surface area contributed by atoms with Gasteiger partial charge in [-0.3, -0.25) is 4.79 Å². The molecule has 0 aliphatic carbocycles. The van der Waals surface area contributed by atoms with Gasteiger partial charge in [0, 0.05) is 44.9 Å². The summed E-state index contributed by atoms with van der Waals surface area (Å²) in [6.45, 7) is 4.45. The number of anilines is 1. The van der Waals surface area contributed by atoms with Crippen LogP contribution in [0, 0.1) is 25.2 Å². The zero-order valence-electron chi connectivity index (χ0n) is 18.2. The number of nitriles is 1. The number of nitrogens with one attached hydrogen (secondary N) is 1. The SMILES string of the molecule is Cc1cccc(NC(=O)/C(C#N)=C/c2cn(Cc3ccc(Cl)cc3Cl)c3ccccc23)c1C. The molecule has 0 spiro atoms. The molecule has 0 atom stereocenters. The fourth-order valence-corrected chi connectivity index (χ4v) is 4.20. The lowest BCUT2D eigenvalue weighted by Crippen LogP contribution is -2.14. The highest BCUT2D eigenvalue weighted by atomic mass is 35.5. The molecule has 3 aromatic carbocycles. The molecule has 0 aliphatic rings. The van der Waals surface area contributed by atoms with E-state index in [9.17, 15) is 10.1 Å². The van der Waals surface area contributed by atoms with E-state index in [2.05, 4.69) is 5.32 Å². The number of hydrogen-bond donors (Lipinski definition) is 1. The Morgan fingerprint density at radius 3 is 2.64 bits per heavy atom. The van der Waals surface area contributed by atoms with Crippen molar-refractivity contribution in [3.8, 4) is 6.07 Å². The average molecular weight is 474 g/mol. The van der Waals surface area contributed by atoms with Gasteiger partial charge in [-0.2, -0.15) is 5.26 Å². The lowest BCUT2D eigenvalue weighted by Gasteiger charge is -2.09. The molecule has 6 heteroatoms. The van der Waals surface area contributed by atoms with Crippen LogP contribution in [0.4, 0.5) is 5.69 Å². The molecule has 1 amide bonds. The fourth-order valence-electron chi connectivity index (χ4n) is 3.73. The first-order valence-corrected chi connectivity index (χ1v) is 11.1. The summed E-state index contributed by atoms with van der Waals surface area (Å²) in [5.41, 5.74) is 5.44. The molecule has 1 heterocycles. The highest BCUT2D eigenvalue weighted by molar-refractivity contribution is 6.35. The lowest BCUT2D eigenvalue weighted by atomic mass is 10.1. The quantitative estimate of drug-likeness (QED) is 0.247. The Morgan fingerprint density at radius 2 is 1.88 bits per heavy atom. The molecule has 0 saturated heterocycles. The minimum absolute atomic E-state index is 0.0309. The second kappa shape index (κ2) is 9.54. The van der Waals surface area contributed by atoms with E-state index in [1.807, 2.05) is 79.2 Å². The van der Waals surface area contributed by atoms with Crippen LogP contribution >= 0.6 is 23.2 Å². The largest absolute Gasteiger partial charge is 0.342 e. The first-order chi connectivity index (χ1) is 15.9. The number of aromatic nitrogens is 1. The van der Waals surface area contributed by atoms with Gasteiger partial charge in [-0.15, -0.1) is 0 Å². The summed E-state index contributed by atoms with van der Waals surface area (Å²) in [5, 5.41) is 14.7. The number of hydrogen-bond acceptors (Lipinski definition) is 2. The monoisotopic (exact) mass is 473 g/mol. The molecular formula is C27H21Cl2N3O. The number of amides is 1. The topological polar surface area (TPSA) is 57.8 Å². The normalized spacial score (nSPS) is 11.4. The minimum atomic E-state index is -0.441. The Hall–Kier alpha value is -3.52. The summed E-state index contributed by atoms with van der Waals surface area (Å²) < 4.78 is 2.05. The molecule has 4 rings (SSSR count). The van der Waals surface area contributed by atoms with Crippen LogP contribution in [-0.4, -0.2) is 10.5 Å². The third-order valence-corrected chi connectivity index (χ3v) is 6.28. The Kier molecular flexibility index (Phi) is 6.55. The van der Waals surface area contributed by atoms with E-state index in [-0.39, 0.29) is 5.57 Å². The second-order valence-electron chi connectivity index (χ2n) is 7.84. The minimum Gasteiger partial charge on any atom is -0.342 e. The maximum absolute atomic E-state index is 12.9. The van der Waals surface area contributed by atoms with Crippen LogP contribution in [0.1, 0.15) is 22.3 Å². The number of carbonyl (C=O) groups excluding carboxylic acids is 1. The van der Waals surface area contributed by atoms with Gasteiger partial charge in [0.05, 0.1) is 0 Å². The predicted molar refractivity (Wildman–Crippen MR) is 136 cm³/mol.